The lowest BCUT2D eigenvalue weighted by Crippen LogP contribution is -2.39. The van der Waals surface area contributed by atoms with E-state index in [2.05, 4.69) is 31.1 Å². The van der Waals surface area contributed by atoms with E-state index in [-0.39, 0.29) is 11.5 Å². The quantitative estimate of drug-likeness (QED) is 0.809. The summed E-state index contributed by atoms with van der Waals surface area (Å²) in [6.45, 7) is 8.29. The Balaban J connectivity index is 2.71. The van der Waals surface area contributed by atoms with E-state index in [0.717, 1.165) is 12.0 Å². The highest BCUT2D eigenvalue weighted by molar-refractivity contribution is 5.73. The van der Waals surface area contributed by atoms with Gasteiger partial charge >= 0.3 is 5.97 Å². The molecule has 0 amide bonds. The van der Waals surface area contributed by atoms with Crippen LogP contribution in [0.25, 0.3) is 0 Å². The van der Waals surface area contributed by atoms with Gasteiger partial charge < -0.3 is 9.84 Å². The van der Waals surface area contributed by atoms with E-state index in [0.29, 0.717) is 12.3 Å². The normalized spacial score (nSPS) is 14.5. The molecule has 2 atom stereocenters. The van der Waals surface area contributed by atoms with Gasteiger partial charge in [-0.1, -0.05) is 20.8 Å². The number of ether oxygens (including phenoxy) is 1. The van der Waals surface area contributed by atoms with Gasteiger partial charge in [0.15, 0.2) is 0 Å². The van der Waals surface area contributed by atoms with Crippen LogP contribution < -0.4 is 10.1 Å². The van der Waals surface area contributed by atoms with Crippen molar-refractivity contribution < 1.29 is 14.6 Å². The molecule has 0 aliphatic carbocycles. The lowest BCUT2D eigenvalue weighted by molar-refractivity contribution is -0.140. The average molecular weight is 294 g/mol. The topological polar surface area (TPSA) is 71.5 Å². The van der Waals surface area contributed by atoms with Crippen LogP contribution >= 0.6 is 0 Å². The van der Waals surface area contributed by atoms with E-state index in [9.17, 15) is 9.90 Å². The van der Waals surface area contributed by atoms with Crippen LogP contribution in [0.4, 0.5) is 0 Å². The molecule has 0 spiro atoms. The van der Waals surface area contributed by atoms with Crippen molar-refractivity contribution >= 4 is 5.97 Å². The van der Waals surface area contributed by atoms with E-state index in [1.165, 1.54) is 0 Å². The van der Waals surface area contributed by atoms with Gasteiger partial charge in [-0.2, -0.15) is 0 Å². The van der Waals surface area contributed by atoms with Gasteiger partial charge in [0.2, 0.25) is 5.88 Å². The van der Waals surface area contributed by atoms with Crippen LogP contribution in [0.3, 0.4) is 0 Å². The summed E-state index contributed by atoms with van der Waals surface area (Å²) in [6, 6.07) is 3.05. The fraction of sp³-hybridized carbons (Fsp3) is 0.625. The Hall–Kier alpha value is -1.62. The SMILES string of the molecule is COc1cc([C@H](C)N[C@@H](CCC(C)(C)C)C(=O)O)ccn1. The van der Waals surface area contributed by atoms with Crippen molar-refractivity contribution in [3.8, 4) is 5.88 Å². The first-order chi connectivity index (χ1) is 9.73. The van der Waals surface area contributed by atoms with E-state index < -0.39 is 12.0 Å². The van der Waals surface area contributed by atoms with Crippen molar-refractivity contribution in [2.75, 3.05) is 7.11 Å². The van der Waals surface area contributed by atoms with Gasteiger partial charge in [-0.3, -0.25) is 10.1 Å². The zero-order valence-electron chi connectivity index (χ0n) is 13.5. The average Bonchev–Trinajstić information content (AvgIpc) is 2.41. The molecular weight excluding hydrogens is 268 g/mol. The summed E-state index contributed by atoms with van der Waals surface area (Å²) < 4.78 is 5.09. The molecule has 21 heavy (non-hydrogen) atoms. The van der Waals surface area contributed by atoms with Crippen LogP contribution in [0, 0.1) is 5.41 Å². The Labute approximate surface area is 126 Å². The highest BCUT2D eigenvalue weighted by Gasteiger charge is 2.23. The van der Waals surface area contributed by atoms with Crippen molar-refractivity contribution in [2.24, 2.45) is 5.41 Å². The second kappa shape index (κ2) is 7.41. The number of aromatic nitrogens is 1. The number of carboxylic acids is 1. The molecule has 5 heteroatoms. The largest absolute Gasteiger partial charge is 0.481 e. The maximum absolute atomic E-state index is 11.4. The molecule has 0 unspecified atom stereocenters. The van der Waals surface area contributed by atoms with Crippen molar-refractivity contribution in [3.63, 3.8) is 0 Å². The Bertz CT molecular complexity index is 469. The Morgan fingerprint density at radius 2 is 2.14 bits per heavy atom. The minimum atomic E-state index is -0.813. The van der Waals surface area contributed by atoms with Gasteiger partial charge in [0.25, 0.3) is 0 Å². The van der Waals surface area contributed by atoms with Crippen LogP contribution in [-0.4, -0.2) is 29.2 Å². The van der Waals surface area contributed by atoms with Gasteiger partial charge in [0.05, 0.1) is 7.11 Å². The number of hydrogen-bond acceptors (Lipinski definition) is 4. The van der Waals surface area contributed by atoms with Gasteiger partial charge in [-0.05, 0) is 36.8 Å². The maximum atomic E-state index is 11.4. The Kier molecular flexibility index (Phi) is 6.15. The minimum absolute atomic E-state index is 0.0806. The van der Waals surface area contributed by atoms with Gasteiger partial charge in [0, 0.05) is 18.3 Å². The molecule has 0 saturated carbocycles. The molecule has 0 bridgehead atoms. The standard InChI is InChI=1S/C16H26N2O3/c1-11(12-7-9-17-14(10-12)21-5)18-13(15(19)20)6-8-16(2,3)4/h7,9-11,13,18H,6,8H2,1-5H3,(H,19,20)/t11-,13-/m0/s1. The van der Waals surface area contributed by atoms with Gasteiger partial charge in [-0.15, -0.1) is 0 Å². The number of hydrogen-bond donors (Lipinski definition) is 2. The zero-order chi connectivity index (χ0) is 16.0. The molecule has 0 aromatic carbocycles. The predicted octanol–water partition coefficient (Wildman–Crippen LogP) is 3.02. The summed E-state index contributed by atoms with van der Waals surface area (Å²) in [7, 11) is 1.56. The highest BCUT2D eigenvalue weighted by Crippen LogP contribution is 2.23. The number of methoxy groups -OCH3 is 1. The molecule has 2 N–H and O–H groups in total. The van der Waals surface area contributed by atoms with Crippen molar-refractivity contribution in [1.82, 2.24) is 10.3 Å². The number of aliphatic carboxylic acids is 1. The molecule has 1 rings (SSSR count). The summed E-state index contributed by atoms with van der Waals surface area (Å²) in [5.74, 6) is -0.283. The molecule has 1 aromatic rings. The fourth-order valence-electron chi connectivity index (χ4n) is 2.06. The second-order valence-electron chi connectivity index (χ2n) is 6.51. The first-order valence-corrected chi connectivity index (χ1v) is 7.22. The summed E-state index contributed by atoms with van der Waals surface area (Å²) >= 11 is 0. The zero-order valence-corrected chi connectivity index (χ0v) is 13.5. The molecule has 1 aromatic heterocycles. The highest BCUT2D eigenvalue weighted by atomic mass is 16.5. The molecule has 0 aliphatic heterocycles. The third kappa shape index (κ3) is 6.12. The third-order valence-corrected chi connectivity index (χ3v) is 3.40. The summed E-state index contributed by atoms with van der Waals surface area (Å²) in [4.78, 5) is 15.5. The first kappa shape index (κ1) is 17.4. The second-order valence-corrected chi connectivity index (χ2v) is 6.51. The monoisotopic (exact) mass is 294 g/mol. The van der Waals surface area contributed by atoms with Crippen molar-refractivity contribution in [1.29, 1.82) is 0 Å². The number of carbonyl (C=O) groups is 1. The van der Waals surface area contributed by atoms with E-state index in [1.807, 2.05) is 19.1 Å². The number of nitrogens with one attached hydrogen (secondary N) is 1. The van der Waals surface area contributed by atoms with E-state index in [1.54, 1.807) is 13.3 Å². The van der Waals surface area contributed by atoms with Crippen LogP contribution in [-0.2, 0) is 4.79 Å². The Morgan fingerprint density at radius 3 is 2.67 bits per heavy atom. The minimum Gasteiger partial charge on any atom is -0.481 e. The smallest absolute Gasteiger partial charge is 0.320 e. The number of carboxylic acid groups (broad SMARTS) is 1. The number of nitrogens with zero attached hydrogens (tertiary/aromatic N) is 1. The lowest BCUT2D eigenvalue weighted by atomic mass is 9.88. The molecule has 0 aliphatic rings. The molecule has 0 fully saturated rings. The van der Waals surface area contributed by atoms with Crippen LogP contribution in [0.1, 0.15) is 52.1 Å². The van der Waals surface area contributed by atoms with Gasteiger partial charge in [-0.25, -0.2) is 4.98 Å². The van der Waals surface area contributed by atoms with Crippen molar-refractivity contribution in [2.45, 2.75) is 52.6 Å². The van der Waals surface area contributed by atoms with Crippen molar-refractivity contribution in [3.05, 3.63) is 23.9 Å². The Morgan fingerprint density at radius 1 is 1.48 bits per heavy atom. The lowest BCUT2D eigenvalue weighted by Gasteiger charge is -2.24. The number of rotatable bonds is 7. The summed E-state index contributed by atoms with van der Waals surface area (Å²) in [5, 5.41) is 12.5. The van der Waals surface area contributed by atoms with E-state index >= 15 is 0 Å². The molecule has 118 valence electrons. The van der Waals surface area contributed by atoms with Gasteiger partial charge in [0.1, 0.15) is 6.04 Å². The number of pyridine rings is 1. The summed E-state index contributed by atoms with van der Waals surface area (Å²) in [6.07, 6.45) is 3.12. The maximum Gasteiger partial charge on any atom is 0.320 e. The molecule has 1 heterocycles. The van der Waals surface area contributed by atoms with Crippen LogP contribution in [0.15, 0.2) is 18.3 Å². The third-order valence-electron chi connectivity index (χ3n) is 3.40. The van der Waals surface area contributed by atoms with Crippen LogP contribution in [0.2, 0.25) is 0 Å². The molecular formula is C16H26N2O3. The van der Waals surface area contributed by atoms with Crippen LogP contribution in [0.5, 0.6) is 5.88 Å². The summed E-state index contributed by atoms with van der Waals surface area (Å²) in [5.41, 5.74) is 1.09. The fourth-order valence-corrected chi connectivity index (χ4v) is 2.06. The predicted molar refractivity (Wildman–Crippen MR) is 82.5 cm³/mol. The molecule has 0 radical (unpaired) electrons. The first-order valence-electron chi connectivity index (χ1n) is 7.22. The molecule has 5 nitrogen and oxygen atoms in total. The van der Waals surface area contributed by atoms with E-state index in [4.69, 9.17) is 4.74 Å². The molecule has 0 saturated heterocycles.